The summed E-state index contributed by atoms with van der Waals surface area (Å²) in [6, 6.07) is 0. The Labute approximate surface area is 325 Å². The number of nitrogens with zero attached hydrogens (tertiary/aromatic N) is 2. The normalized spacial score (nSPS) is 11.6. The molecule has 0 atom stereocenters. The van der Waals surface area contributed by atoms with Gasteiger partial charge in [-0.05, 0) is 25.7 Å². The number of quaternary nitrogens is 2. The van der Waals surface area contributed by atoms with Crippen molar-refractivity contribution >= 4 is 11.8 Å². The van der Waals surface area contributed by atoms with Gasteiger partial charge in [0.05, 0.1) is 41.3 Å². The zero-order chi connectivity index (χ0) is 35.6. The van der Waals surface area contributed by atoms with Crippen LogP contribution >= 0.6 is 0 Å². The molecule has 0 aromatic rings. The maximum absolute atomic E-state index is 12.5. The SMILES string of the molecule is CCCCCCCCCCCCCCCC[N+](C)(C)CC(=O)NCCNC(=O)C[N+](C)(C)CCCCCCCCCCCCCCCC.[Cl-].[Cl-]. The predicted molar refractivity (Wildman–Crippen MR) is 210 cm³/mol. The molecule has 0 saturated heterocycles. The van der Waals surface area contributed by atoms with E-state index in [2.05, 4.69) is 52.7 Å². The van der Waals surface area contributed by atoms with Crippen LogP contribution in [0.3, 0.4) is 0 Å². The zero-order valence-electron chi connectivity index (χ0n) is 34.5. The molecule has 2 amide bonds. The molecule has 0 heterocycles. The van der Waals surface area contributed by atoms with Crippen molar-refractivity contribution < 1.29 is 43.4 Å². The van der Waals surface area contributed by atoms with Gasteiger partial charge in [0.1, 0.15) is 0 Å². The maximum atomic E-state index is 12.5. The second-order valence-electron chi connectivity index (χ2n) is 16.5. The molecule has 0 saturated carbocycles. The minimum Gasteiger partial charge on any atom is -1.00 e. The fourth-order valence-electron chi connectivity index (χ4n) is 6.92. The molecule has 6 nitrogen and oxygen atoms in total. The third kappa shape index (κ3) is 40.2. The highest BCUT2D eigenvalue weighted by atomic mass is 35.5. The standard InChI is InChI=1S/C42H86N4O2.2ClH/c1-7-9-11-13-15-17-19-21-23-25-27-29-31-33-37-45(3,4)39-41(47)43-35-36-44-42(48)40-46(5,6)38-34-32-30-28-26-24-22-20-18-16-14-12-10-8-2;;/h7-40H2,1-6H3;2*1H. The quantitative estimate of drug-likeness (QED) is 0.0734. The molecule has 0 aliphatic rings. The number of halogens is 2. The van der Waals surface area contributed by atoms with Crippen molar-refractivity contribution in [2.75, 3.05) is 67.5 Å². The van der Waals surface area contributed by atoms with Gasteiger partial charge in [0, 0.05) is 13.1 Å². The molecule has 0 radical (unpaired) electrons. The molecule has 0 aliphatic heterocycles. The third-order valence-corrected chi connectivity index (χ3v) is 10.1. The number of hydrogen-bond acceptors (Lipinski definition) is 2. The van der Waals surface area contributed by atoms with E-state index < -0.39 is 0 Å². The number of carbonyl (C=O) groups is 2. The second kappa shape index (κ2) is 38.2. The highest BCUT2D eigenvalue weighted by Crippen LogP contribution is 2.15. The van der Waals surface area contributed by atoms with Gasteiger partial charge in [-0.15, -0.1) is 0 Å². The Bertz CT molecular complexity index is 677. The lowest BCUT2D eigenvalue weighted by molar-refractivity contribution is -0.882. The maximum Gasteiger partial charge on any atom is 0.275 e. The van der Waals surface area contributed by atoms with Crippen molar-refractivity contribution in [1.29, 1.82) is 0 Å². The fraction of sp³-hybridized carbons (Fsp3) is 0.952. The molecule has 0 aromatic heterocycles. The van der Waals surface area contributed by atoms with Gasteiger partial charge in [-0.2, -0.15) is 0 Å². The summed E-state index contributed by atoms with van der Waals surface area (Å²) < 4.78 is 1.45. The average molecular weight is 752 g/mol. The van der Waals surface area contributed by atoms with Crippen LogP contribution in [0.25, 0.3) is 0 Å². The van der Waals surface area contributed by atoms with Crippen LogP contribution in [-0.2, 0) is 9.59 Å². The van der Waals surface area contributed by atoms with Gasteiger partial charge < -0.3 is 44.4 Å². The lowest BCUT2D eigenvalue weighted by Crippen LogP contribution is -3.00. The molecule has 2 N–H and O–H groups in total. The van der Waals surface area contributed by atoms with E-state index in [0.717, 1.165) is 22.1 Å². The Kier molecular flexibility index (Phi) is 41.1. The van der Waals surface area contributed by atoms with Gasteiger partial charge in [-0.1, -0.05) is 168 Å². The van der Waals surface area contributed by atoms with E-state index >= 15 is 0 Å². The summed E-state index contributed by atoms with van der Waals surface area (Å²) in [5.74, 6) is 0.155. The monoisotopic (exact) mass is 751 g/mol. The molecule has 8 heteroatoms. The lowest BCUT2D eigenvalue weighted by Gasteiger charge is -2.29. The van der Waals surface area contributed by atoms with Crippen molar-refractivity contribution in [3.63, 3.8) is 0 Å². The average Bonchev–Trinajstić information content (AvgIpc) is 3.03. The number of nitrogens with one attached hydrogen (secondary N) is 2. The van der Waals surface area contributed by atoms with Crippen LogP contribution in [0.2, 0.25) is 0 Å². The number of rotatable bonds is 37. The Morgan fingerprint density at radius 3 is 0.780 bits per heavy atom. The molecule has 50 heavy (non-hydrogen) atoms. The zero-order valence-corrected chi connectivity index (χ0v) is 36.0. The fourth-order valence-corrected chi connectivity index (χ4v) is 6.92. The molecule has 0 unspecified atom stereocenters. The van der Waals surface area contributed by atoms with E-state index in [-0.39, 0.29) is 36.6 Å². The Balaban J connectivity index is -0.0000110. The van der Waals surface area contributed by atoms with Gasteiger partial charge in [0.15, 0.2) is 13.1 Å². The van der Waals surface area contributed by atoms with Crippen molar-refractivity contribution in [2.24, 2.45) is 0 Å². The third-order valence-electron chi connectivity index (χ3n) is 10.1. The van der Waals surface area contributed by atoms with Crippen LogP contribution in [0.5, 0.6) is 0 Å². The summed E-state index contributed by atoms with van der Waals surface area (Å²) in [6.07, 6.45) is 38.4. The predicted octanol–water partition coefficient (Wildman–Crippen LogP) is 4.34. The van der Waals surface area contributed by atoms with E-state index in [0.29, 0.717) is 26.2 Å². The minimum atomic E-state index is 0. The van der Waals surface area contributed by atoms with E-state index in [4.69, 9.17) is 0 Å². The Hall–Kier alpha value is -0.560. The van der Waals surface area contributed by atoms with Gasteiger partial charge in [-0.25, -0.2) is 0 Å². The number of unbranched alkanes of at least 4 members (excludes halogenated alkanes) is 26. The molecular formula is C42H88Cl2N4O2. The summed E-state index contributed by atoms with van der Waals surface area (Å²) >= 11 is 0. The molecule has 0 rings (SSSR count). The Morgan fingerprint density at radius 1 is 0.360 bits per heavy atom. The van der Waals surface area contributed by atoms with Gasteiger partial charge in [0.2, 0.25) is 0 Å². The minimum absolute atomic E-state index is 0. The number of hydrogen-bond donors (Lipinski definition) is 2. The van der Waals surface area contributed by atoms with Crippen LogP contribution in [0.15, 0.2) is 0 Å². The molecule has 302 valence electrons. The molecule has 0 aliphatic carbocycles. The first-order valence-corrected chi connectivity index (χ1v) is 21.3. The number of amides is 2. The Morgan fingerprint density at radius 2 is 0.560 bits per heavy atom. The smallest absolute Gasteiger partial charge is 0.275 e. The van der Waals surface area contributed by atoms with E-state index in [1.807, 2.05) is 0 Å². The highest BCUT2D eigenvalue weighted by molar-refractivity contribution is 5.78. The second-order valence-corrected chi connectivity index (χ2v) is 16.5. The topological polar surface area (TPSA) is 58.2 Å². The van der Waals surface area contributed by atoms with E-state index in [1.54, 1.807) is 0 Å². The molecule has 0 aromatic carbocycles. The summed E-state index contributed by atoms with van der Waals surface area (Å²) in [5, 5.41) is 6.03. The largest absolute Gasteiger partial charge is 1.00 e. The van der Waals surface area contributed by atoms with Crippen molar-refractivity contribution in [3.05, 3.63) is 0 Å². The first-order valence-electron chi connectivity index (χ1n) is 21.3. The van der Waals surface area contributed by atoms with Crippen molar-refractivity contribution in [3.8, 4) is 0 Å². The molecule has 0 spiro atoms. The first-order chi connectivity index (χ1) is 23.1. The van der Waals surface area contributed by atoms with Crippen LogP contribution in [0, 0.1) is 0 Å². The van der Waals surface area contributed by atoms with Gasteiger partial charge >= 0.3 is 0 Å². The summed E-state index contributed by atoms with van der Waals surface area (Å²) in [6.45, 7) is 8.62. The van der Waals surface area contributed by atoms with Crippen molar-refractivity contribution in [2.45, 2.75) is 194 Å². The van der Waals surface area contributed by atoms with Crippen LogP contribution < -0.4 is 35.4 Å². The summed E-state index contributed by atoms with van der Waals surface area (Å²) in [4.78, 5) is 25.1. The molecule has 0 fully saturated rings. The van der Waals surface area contributed by atoms with Crippen molar-refractivity contribution in [1.82, 2.24) is 10.6 Å². The summed E-state index contributed by atoms with van der Waals surface area (Å²) in [7, 11) is 8.62. The number of carbonyl (C=O) groups excluding carboxylic acids is 2. The first kappa shape index (κ1) is 53.8. The van der Waals surface area contributed by atoms with E-state index in [1.165, 1.54) is 180 Å². The van der Waals surface area contributed by atoms with Gasteiger partial charge in [-0.3, -0.25) is 9.59 Å². The number of likely N-dealkylation sites (N-methyl/N-ethyl adjacent to an activating group) is 2. The van der Waals surface area contributed by atoms with E-state index in [9.17, 15) is 9.59 Å². The van der Waals surface area contributed by atoms with Crippen LogP contribution in [0.1, 0.15) is 194 Å². The molecular weight excluding hydrogens is 663 g/mol. The summed E-state index contributed by atoms with van der Waals surface area (Å²) in [5.41, 5.74) is 0. The van der Waals surface area contributed by atoms with Crippen LogP contribution in [-0.4, -0.2) is 88.2 Å². The van der Waals surface area contributed by atoms with Gasteiger partial charge in [0.25, 0.3) is 11.8 Å². The lowest BCUT2D eigenvalue weighted by atomic mass is 10.0. The highest BCUT2D eigenvalue weighted by Gasteiger charge is 2.21. The molecule has 0 bridgehead atoms. The van der Waals surface area contributed by atoms with Crippen LogP contribution in [0.4, 0.5) is 0 Å².